The Bertz CT molecular complexity index is 619. The second-order valence-corrected chi connectivity index (χ2v) is 7.51. The Labute approximate surface area is 129 Å². The molecule has 1 aliphatic carbocycles. The van der Waals surface area contributed by atoms with Crippen molar-refractivity contribution in [1.29, 1.82) is 0 Å². The minimum atomic E-state index is 0.205. The summed E-state index contributed by atoms with van der Waals surface area (Å²) in [5, 5.41) is 18.6. The smallest absolute Gasteiger partial charge is 0.234 e. The van der Waals surface area contributed by atoms with Crippen LogP contribution in [0, 0.1) is 0 Å². The topological polar surface area (TPSA) is 55.1 Å². The van der Waals surface area contributed by atoms with E-state index in [1.165, 1.54) is 43.5 Å². The van der Waals surface area contributed by atoms with Crippen molar-refractivity contribution in [3.8, 4) is 0 Å². The van der Waals surface area contributed by atoms with Gasteiger partial charge in [-0.05, 0) is 38.6 Å². The van der Waals surface area contributed by atoms with Gasteiger partial charge in [0.15, 0.2) is 5.82 Å². The fraction of sp³-hybridized carbons (Fsp3) is 0.800. The van der Waals surface area contributed by atoms with Gasteiger partial charge in [-0.3, -0.25) is 0 Å². The Hall–Kier alpha value is -1.01. The molecule has 1 N–H and O–H groups in total. The molecule has 1 saturated carbocycles. The molecule has 1 atom stereocenters. The molecule has 2 fully saturated rings. The van der Waals surface area contributed by atoms with Gasteiger partial charge in [0.05, 0.1) is 0 Å². The highest BCUT2D eigenvalue weighted by molar-refractivity contribution is 7.16. The zero-order chi connectivity index (χ0) is 14.3. The molecule has 2 aliphatic rings. The molecule has 1 saturated heterocycles. The van der Waals surface area contributed by atoms with Crippen LogP contribution in [-0.2, 0) is 5.41 Å². The van der Waals surface area contributed by atoms with Crippen LogP contribution in [0.15, 0.2) is 0 Å². The highest BCUT2D eigenvalue weighted by Crippen LogP contribution is 2.38. The second kappa shape index (κ2) is 5.32. The molecule has 0 amide bonds. The molecule has 2 aromatic heterocycles. The summed E-state index contributed by atoms with van der Waals surface area (Å²) in [7, 11) is 0. The van der Waals surface area contributed by atoms with Crippen molar-refractivity contribution in [3.63, 3.8) is 0 Å². The first kappa shape index (κ1) is 13.6. The lowest BCUT2D eigenvalue weighted by Gasteiger charge is -2.34. The van der Waals surface area contributed by atoms with Crippen LogP contribution < -0.4 is 5.32 Å². The van der Waals surface area contributed by atoms with Crippen molar-refractivity contribution in [1.82, 2.24) is 25.1 Å². The van der Waals surface area contributed by atoms with E-state index >= 15 is 0 Å². The van der Waals surface area contributed by atoms with Crippen molar-refractivity contribution in [2.24, 2.45) is 0 Å². The van der Waals surface area contributed by atoms with E-state index in [1.54, 1.807) is 11.3 Å². The van der Waals surface area contributed by atoms with Gasteiger partial charge in [-0.2, -0.15) is 9.61 Å². The predicted octanol–water partition coefficient (Wildman–Crippen LogP) is 2.87. The Kier molecular flexibility index (Phi) is 3.46. The van der Waals surface area contributed by atoms with Crippen LogP contribution in [0.4, 0.5) is 0 Å². The molecule has 0 aromatic carbocycles. The van der Waals surface area contributed by atoms with Crippen LogP contribution in [0.5, 0.6) is 0 Å². The van der Waals surface area contributed by atoms with Gasteiger partial charge in [-0.15, -0.1) is 10.2 Å². The quantitative estimate of drug-likeness (QED) is 0.947. The number of piperidine rings is 1. The van der Waals surface area contributed by atoms with Gasteiger partial charge < -0.3 is 5.32 Å². The SMILES string of the molecule is CCC1(c2nn3c(C4CCCC4)nnc3s2)CCCNC1. The van der Waals surface area contributed by atoms with E-state index in [9.17, 15) is 0 Å². The number of rotatable bonds is 3. The average molecular weight is 305 g/mol. The molecule has 0 spiro atoms. The van der Waals surface area contributed by atoms with E-state index in [4.69, 9.17) is 5.10 Å². The lowest BCUT2D eigenvalue weighted by molar-refractivity contribution is 0.299. The van der Waals surface area contributed by atoms with Crippen molar-refractivity contribution < 1.29 is 0 Å². The third-order valence-electron chi connectivity index (χ3n) is 5.34. The minimum absolute atomic E-state index is 0.205. The standard InChI is InChI=1S/C15H23N5S/c1-2-15(8-5-9-16-10-15)13-19-20-12(11-6-3-4-7-11)17-18-14(20)21-13/h11,16H,2-10H2,1H3. The number of fused-ring (bicyclic) bond motifs is 1. The summed E-state index contributed by atoms with van der Waals surface area (Å²) >= 11 is 1.75. The van der Waals surface area contributed by atoms with Crippen LogP contribution in [-0.4, -0.2) is 32.9 Å². The van der Waals surface area contributed by atoms with Crippen LogP contribution in [0.25, 0.3) is 4.96 Å². The molecule has 2 aromatic rings. The second-order valence-electron chi connectivity index (χ2n) is 6.56. The molecule has 1 aliphatic heterocycles. The lowest BCUT2D eigenvalue weighted by Crippen LogP contribution is -2.43. The summed E-state index contributed by atoms with van der Waals surface area (Å²) in [5.74, 6) is 1.66. The van der Waals surface area contributed by atoms with E-state index in [-0.39, 0.29) is 5.41 Å². The first-order chi connectivity index (χ1) is 10.3. The molecule has 0 bridgehead atoms. The van der Waals surface area contributed by atoms with Gasteiger partial charge in [0.2, 0.25) is 4.96 Å². The zero-order valence-corrected chi connectivity index (χ0v) is 13.5. The third kappa shape index (κ3) is 2.19. The maximum Gasteiger partial charge on any atom is 0.234 e. The van der Waals surface area contributed by atoms with Crippen molar-refractivity contribution in [2.75, 3.05) is 13.1 Å². The Morgan fingerprint density at radius 2 is 2.14 bits per heavy atom. The van der Waals surface area contributed by atoms with Crippen LogP contribution in [0.2, 0.25) is 0 Å². The molecule has 21 heavy (non-hydrogen) atoms. The highest BCUT2D eigenvalue weighted by Gasteiger charge is 2.36. The number of aromatic nitrogens is 4. The summed E-state index contributed by atoms with van der Waals surface area (Å²) in [6.45, 7) is 4.47. The van der Waals surface area contributed by atoms with Gasteiger partial charge in [-0.25, -0.2) is 0 Å². The van der Waals surface area contributed by atoms with E-state index in [1.807, 2.05) is 4.52 Å². The van der Waals surface area contributed by atoms with E-state index in [0.29, 0.717) is 5.92 Å². The van der Waals surface area contributed by atoms with E-state index in [2.05, 4.69) is 22.4 Å². The van der Waals surface area contributed by atoms with Gasteiger partial charge in [-0.1, -0.05) is 31.1 Å². The monoisotopic (exact) mass is 305 g/mol. The normalized spacial score (nSPS) is 27.7. The molecule has 4 rings (SSSR count). The Balaban J connectivity index is 1.73. The van der Waals surface area contributed by atoms with Gasteiger partial charge >= 0.3 is 0 Å². The third-order valence-corrected chi connectivity index (χ3v) is 6.48. The molecule has 6 heteroatoms. The molecule has 5 nitrogen and oxygen atoms in total. The number of hydrogen-bond donors (Lipinski definition) is 1. The van der Waals surface area contributed by atoms with Gasteiger partial charge in [0.25, 0.3) is 0 Å². The number of nitrogens with one attached hydrogen (secondary N) is 1. The number of nitrogens with zero attached hydrogens (tertiary/aromatic N) is 4. The van der Waals surface area contributed by atoms with Crippen molar-refractivity contribution in [2.45, 2.75) is 63.2 Å². The predicted molar refractivity (Wildman–Crippen MR) is 83.9 cm³/mol. The largest absolute Gasteiger partial charge is 0.316 e. The summed E-state index contributed by atoms with van der Waals surface area (Å²) in [4.78, 5) is 0.977. The molecular formula is C15H23N5S. The van der Waals surface area contributed by atoms with Gasteiger partial charge in [0.1, 0.15) is 5.01 Å². The summed E-state index contributed by atoms with van der Waals surface area (Å²) in [6, 6.07) is 0. The first-order valence-corrected chi connectivity index (χ1v) is 9.07. The highest BCUT2D eigenvalue weighted by atomic mass is 32.1. The average Bonchev–Trinajstić information content (AvgIpc) is 3.23. The van der Waals surface area contributed by atoms with Crippen LogP contribution in [0.1, 0.15) is 68.6 Å². The summed E-state index contributed by atoms with van der Waals surface area (Å²) in [6.07, 6.45) is 8.74. The maximum atomic E-state index is 4.95. The molecular weight excluding hydrogens is 282 g/mol. The lowest BCUT2D eigenvalue weighted by atomic mass is 9.79. The first-order valence-electron chi connectivity index (χ1n) is 8.26. The summed E-state index contributed by atoms with van der Waals surface area (Å²) < 4.78 is 2.04. The minimum Gasteiger partial charge on any atom is -0.316 e. The summed E-state index contributed by atoms with van der Waals surface area (Å²) in [5.41, 5.74) is 0.205. The Morgan fingerprint density at radius 1 is 1.29 bits per heavy atom. The van der Waals surface area contributed by atoms with E-state index in [0.717, 1.165) is 30.3 Å². The fourth-order valence-electron chi connectivity index (χ4n) is 3.89. The van der Waals surface area contributed by atoms with E-state index < -0.39 is 0 Å². The maximum absolute atomic E-state index is 4.95. The fourth-order valence-corrected chi connectivity index (χ4v) is 5.02. The molecule has 0 radical (unpaired) electrons. The van der Waals surface area contributed by atoms with Gasteiger partial charge in [0, 0.05) is 17.9 Å². The Morgan fingerprint density at radius 3 is 2.86 bits per heavy atom. The van der Waals surface area contributed by atoms with Crippen molar-refractivity contribution >= 4 is 16.3 Å². The van der Waals surface area contributed by atoms with Crippen molar-refractivity contribution in [3.05, 3.63) is 10.8 Å². The van der Waals surface area contributed by atoms with Crippen LogP contribution >= 0.6 is 11.3 Å². The number of hydrogen-bond acceptors (Lipinski definition) is 5. The molecule has 3 heterocycles. The molecule has 1 unspecified atom stereocenters. The van der Waals surface area contributed by atoms with Crippen LogP contribution in [0.3, 0.4) is 0 Å². The zero-order valence-electron chi connectivity index (χ0n) is 12.6. The molecule has 114 valence electrons.